The van der Waals surface area contributed by atoms with Gasteiger partial charge < -0.3 is 0 Å². The molecule has 0 aromatic heterocycles. The van der Waals surface area contributed by atoms with Crippen LogP contribution in [0.3, 0.4) is 0 Å². The molecule has 0 heterocycles. The molecule has 3 heteroatoms. The van der Waals surface area contributed by atoms with Gasteiger partial charge in [-0.05, 0) is 65.7 Å². The summed E-state index contributed by atoms with van der Waals surface area (Å²) in [5, 5.41) is 0. The number of hydrogen-bond donors (Lipinski definition) is 0. The summed E-state index contributed by atoms with van der Waals surface area (Å²) in [7, 11) is 0. The molecule has 0 radical (unpaired) electrons. The van der Waals surface area contributed by atoms with Crippen molar-refractivity contribution >= 4 is 21.7 Å². The van der Waals surface area contributed by atoms with E-state index >= 15 is 0 Å². The Balaban J connectivity index is 2.08. The van der Waals surface area contributed by atoms with Crippen molar-refractivity contribution in [3.8, 4) is 0 Å². The van der Waals surface area contributed by atoms with E-state index in [1.165, 1.54) is 18.6 Å². The Morgan fingerprint density at radius 2 is 2.00 bits per heavy atom. The Morgan fingerprint density at radius 1 is 1.33 bits per heavy atom. The lowest BCUT2D eigenvalue weighted by Gasteiger charge is -2.27. The Bertz CT molecular complexity index is 436. The fraction of sp³-hybridized carbons (Fsp3) is 0.533. The van der Waals surface area contributed by atoms with Crippen LogP contribution in [0.2, 0.25) is 0 Å². The van der Waals surface area contributed by atoms with Crippen LogP contribution in [0.1, 0.15) is 49.4 Å². The molecule has 1 saturated carbocycles. The zero-order valence-electron chi connectivity index (χ0n) is 10.6. The van der Waals surface area contributed by atoms with Gasteiger partial charge in [-0.25, -0.2) is 4.39 Å². The zero-order chi connectivity index (χ0) is 13.1. The Morgan fingerprint density at radius 3 is 2.56 bits per heavy atom. The van der Waals surface area contributed by atoms with Gasteiger partial charge in [0.2, 0.25) is 0 Å². The number of hydrogen-bond acceptors (Lipinski definition) is 1. The third-order valence-corrected chi connectivity index (χ3v) is 4.65. The number of ketones is 1. The van der Waals surface area contributed by atoms with Gasteiger partial charge in [0.05, 0.1) is 0 Å². The van der Waals surface area contributed by atoms with E-state index in [4.69, 9.17) is 0 Å². The van der Waals surface area contributed by atoms with E-state index in [1.807, 2.05) is 0 Å². The maximum absolute atomic E-state index is 13.0. The molecule has 1 nitrogen and oxygen atoms in total. The van der Waals surface area contributed by atoms with Gasteiger partial charge in [0.25, 0.3) is 0 Å². The molecule has 1 aliphatic rings. The van der Waals surface area contributed by atoms with E-state index < -0.39 is 0 Å². The quantitative estimate of drug-likeness (QED) is 0.719. The summed E-state index contributed by atoms with van der Waals surface area (Å²) in [5.41, 5.74) is 0.622. The van der Waals surface area contributed by atoms with Crippen LogP contribution in [0.5, 0.6) is 0 Å². The second-order valence-electron chi connectivity index (χ2n) is 5.11. The normalized spacial score (nSPS) is 23.9. The van der Waals surface area contributed by atoms with Gasteiger partial charge in [-0.15, -0.1) is 0 Å². The van der Waals surface area contributed by atoms with Crippen LogP contribution in [0, 0.1) is 17.7 Å². The molecule has 0 aliphatic heterocycles. The Hall–Kier alpha value is -0.700. The standard InChI is InChI=1S/C15H18BrFO/c1-2-10-3-5-11(6-4-10)15(18)13-8-7-12(17)9-14(13)16/h7-11H,2-6H2,1H3. The number of halogens is 2. The van der Waals surface area contributed by atoms with Crippen LogP contribution in [0.4, 0.5) is 4.39 Å². The van der Waals surface area contributed by atoms with Crippen LogP contribution < -0.4 is 0 Å². The van der Waals surface area contributed by atoms with Crippen molar-refractivity contribution in [2.45, 2.75) is 39.0 Å². The van der Waals surface area contributed by atoms with Crippen LogP contribution in [-0.4, -0.2) is 5.78 Å². The lowest BCUT2D eigenvalue weighted by molar-refractivity contribution is 0.0870. The SMILES string of the molecule is CCC1CCC(C(=O)c2ccc(F)cc2Br)CC1. The molecule has 0 saturated heterocycles. The lowest BCUT2D eigenvalue weighted by atomic mass is 9.78. The lowest BCUT2D eigenvalue weighted by Crippen LogP contribution is -2.22. The molecule has 0 unspecified atom stereocenters. The predicted octanol–water partition coefficient (Wildman–Crippen LogP) is 4.99. The average molecular weight is 313 g/mol. The monoisotopic (exact) mass is 312 g/mol. The van der Waals surface area contributed by atoms with Gasteiger partial charge in [-0.2, -0.15) is 0 Å². The molecule has 1 aromatic carbocycles. The van der Waals surface area contributed by atoms with Crippen molar-refractivity contribution in [2.24, 2.45) is 11.8 Å². The minimum atomic E-state index is -0.312. The second kappa shape index (κ2) is 5.96. The average Bonchev–Trinajstić information content (AvgIpc) is 2.38. The first-order valence-corrected chi connectivity index (χ1v) is 7.40. The number of carbonyl (C=O) groups is 1. The van der Waals surface area contributed by atoms with E-state index in [0.717, 1.165) is 31.6 Å². The Kier molecular flexibility index (Phi) is 4.55. The first kappa shape index (κ1) is 13.7. The summed E-state index contributed by atoms with van der Waals surface area (Å²) < 4.78 is 13.6. The van der Waals surface area contributed by atoms with Crippen molar-refractivity contribution < 1.29 is 9.18 Å². The van der Waals surface area contributed by atoms with Crippen molar-refractivity contribution in [1.82, 2.24) is 0 Å². The summed E-state index contributed by atoms with van der Waals surface area (Å²) in [5.74, 6) is 0.754. The van der Waals surface area contributed by atoms with E-state index in [-0.39, 0.29) is 17.5 Å². The maximum atomic E-state index is 13.0. The number of benzene rings is 1. The summed E-state index contributed by atoms with van der Waals surface area (Å²) in [6, 6.07) is 4.31. The molecule has 0 bridgehead atoms. The molecule has 1 aromatic rings. The van der Waals surface area contributed by atoms with Gasteiger partial charge in [0, 0.05) is 16.0 Å². The van der Waals surface area contributed by atoms with E-state index in [1.54, 1.807) is 6.07 Å². The Labute approximate surface area is 116 Å². The second-order valence-corrected chi connectivity index (χ2v) is 5.97. The zero-order valence-corrected chi connectivity index (χ0v) is 12.2. The molecule has 18 heavy (non-hydrogen) atoms. The maximum Gasteiger partial charge on any atom is 0.167 e. The summed E-state index contributed by atoms with van der Waals surface area (Å²) in [4.78, 5) is 12.4. The third kappa shape index (κ3) is 3.00. The molecule has 2 rings (SSSR count). The topological polar surface area (TPSA) is 17.1 Å². The van der Waals surface area contributed by atoms with Crippen LogP contribution in [0.15, 0.2) is 22.7 Å². The van der Waals surface area contributed by atoms with Gasteiger partial charge in [0.15, 0.2) is 5.78 Å². The van der Waals surface area contributed by atoms with Crippen molar-refractivity contribution in [1.29, 1.82) is 0 Å². The highest BCUT2D eigenvalue weighted by molar-refractivity contribution is 9.10. The number of rotatable bonds is 3. The molecule has 0 spiro atoms. The number of carbonyl (C=O) groups excluding carboxylic acids is 1. The van der Waals surface area contributed by atoms with Crippen molar-refractivity contribution in [2.75, 3.05) is 0 Å². The van der Waals surface area contributed by atoms with Crippen LogP contribution in [0.25, 0.3) is 0 Å². The molecule has 1 fully saturated rings. The van der Waals surface area contributed by atoms with E-state index in [9.17, 15) is 9.18 Å². The van der Waals surface area contributed by atoms with Crippen LogP contribution in [-0.2, 0) is 0 Å². The molecule has 1 aliphatic carbocycles. The summed E-state index contributed by atoms with van der Waals surface area (Å²) in [6.45, 7) is 2.21. The van der Waals surface area contributed by atoms with Crippen molar-refractivity contribution in [3.63, 3.8) is 0 Å². The fourth-order valence-electron chi connectivity index (χ4n) is 2.74. The van der Waals surface area contributed by atoms with Gasteiger partial charge in [-0.3, -0.25) is 4.79 Å². The molecule has 0 N–H and O–H groups in total. The largest absolute Gasteiger partial charge is 0.294 e. The highest BCUT2D eigenvalue weighted by Crippen LogP contribution is 2.33. The van der Waals surface area contributed by atoms with Crippen LogP contribution >= 0.6 is 15.9 Å². The molecular weight excluding hydrogens is 295 g/mol. The minimum absolute atomic E-state index is 0.120. The number of Topliss-reactive ketones (excluding diaryl/α,β-unsaturated/α-hetero) is 1. The first-order chi connectivity index (χ1) is 8.61. The smallest absolute Gasteiger partial charge is 0.167 e. The fourth-order valence-corrected chi connectivity index (χ4v) is 3.29. The van der Waals surface area contributed by atoms with Gasteiger partial charge >= 0.3 is 0 Å². The molecular formula is C15H18BrFO. The first-order valence-electron chi connectivity index (χ1n) is 6.61. The van der Waals surface area contributed by atoms with Crippen molar-refractivity contribution in [3.05, 3.63) is 34.1 Å². The highest BCUT2D eigenvalue weighted by Gasteiger charge is 2.27. The minimum Gasteiger partial charge on any atom is -0.294 e. The molecule has 0 amide bonds. The molecule has 98 valence electrons. The predicted molar refractivity (Wildman–Crippen MR) is 74.2 cm³/mol. The summed E-state index contributed by atoms with van der Waals surface area (Å²) >= 11 is 3.28. The van der Waals surface area contributed by atoms with Gasteiger partial charge in [0.1, 0.15) is 5.82 Å². The third-order valence-electron chi connectivity index (χ3n) is 3.99. The summed E-state index contributed by atoms with van der Waals surface area (Å²) in [6.07, 6.45) is 5.45. The molecule has 0 atom stereocenters. The van der Waals surface area contributed by atoms with Gasteiger partial charge in [-0.1, -0.05) is 13.3 Å². The van der Waals surface area contributed by atoms with E-state index in [0.29, 0.717) is 10.0 Å². The van der Waals surface area contributed by atoms with E-state index in [2.05, 4.69) is 22.9 Å². The highest BCUT2D eigenvalue weighted by atomic mass is 79.9.